The van der Waals surface area contributed by atoms with Crippen LogP contribution in [0.4, 0.5) is 0 Å². The summed E-state index contributed by atoms with van der Waals surface area (Å²) in [6.07, 6.45) is 2.91. The predicted octanol–water partition coefficient (Wildman–Crippen LogP) is 5.57. The molecule has 0 saturated heterocycles. The first-order valence-corrected chi connectivity index (χ1v) is 9.99. The van der Waals surface area contributed by atoms with Crippen molar-refractivity contribution < 1.29 is 9.36 Å². The Labute approximate surface area is 129 Å². The summed E-state index contributed by atoms with van der Waals surface area (Å²) in [6.45, 7) is 12.1. The zero-order valence-corrected chi connectivity index (χ0v) is 15.2. The van der Waals surface area contributed by atoms with Crippen molar-refractivity contribution in [2.45, 2.75) is 54.4 Å². The second-order valence-corrected chi connectivity index (χ2v) is 9.62. The van der Waals surface area contributed by atoms with Crippen LogP contribution in [0.1, 0.15) is 60.7 Å². The van der Waals surface area contributed by atoms with Gasteiger partial charge in [0.1, 0.15) is 0 Å². The van der Waals surface area contributed by atoms with E-state index in [2.05, 4.69) is 6.92 Å². The molecule has 0 radical (unpaired) electrons. The van der Waals surface area contributed by atoms with Crippen molar-refractivity contribution in [2.75, 3.05) is 12.3 Å². The Balaban J connectivity index is 3.26. The van der Waals surface area contributed by atoms with Gasteiger partial charge in [-0.1, -0.05) is 44.9 Å². The number of hydrogen-bond acceptors (Lipinski definition) is 2. The van der Waals surface area contributed by atoms with Crippen LogP contribution in [0.25, 0.3) is 0 Å². The predicted molar refractivity (Wildman–Crippen MR) is 92.1 cm³/mol. The number of aryl methyl sites for hydroxylation is 3. The van der Waals surface area contributed by atoms with Crippen LogP contribution in [-0.4, -0.2) is 17.8 Å². The average molecular weight is 308 g/mol. The van der Waals surface area contributed by atoms with Crippen LogP contribution in [0, 0.1) is 26.7 Å². The highest BCUT2D eigenvalue weighted by molar-refractivity contribution is 7.81. The minimum Gasteiger partial charge on any atom is -0.315 e. The van der Waals surface area contributed by atoms with Crippen LogP contribution in [-0.2, 0) is 4.57 Å². The van der Waals surface area contributed by atoms with E-state index in [0.29, 0.717) is 17.9 Å². The summed E-state index contributed by atoms with van der Waals surface area (Å²) in [7, 11) is -2.81. The average Bonchev–Trinajstić information content (AvgIpc) is 2.34. The van der Waals surface area contributed by atoms with Crippen LogP contribution in [0.3, 0.4) is 0 Å². The first-order chi connectivity index (χ1) is 9.71. The SMILES string of the molecule is CCCCP(=O)(CC(C)C)C(=O)c1c(C)cc(C)cc1C. The Morgan fingerprint density at radius 2 is 1.67 bits per heavy atom. The molecule has 1 rings (SSSR count). The lowest BCUT2D eigenvalue weighted by molar-refractivity contribution is 0.107. The molecule has 2 nitrogen and oxygen atoms in total. The fourth-order valence-corrected chi connectivity index (χ4v) is 6.32. The van der Waals surface area contributed by atoms with E-state index in [0.717, 1.165) is 29.5 Å². The van der Waals surface area contributed by atoms with Crippen LogP contribution in [0.15, 0.2) is 12.1 Å². The van der Waals surface area contributed by atoms with Gasteiger partial charge in [0, 0.05) is 17.9 Å². The maximum Gasteiger partial charge on any atom is 0.221 e. The van der Waals surface area contributed by atoms with Crippen molar-refractivity contribution >= 4 is 12.7 Å². The van der Waals surface area contributed by atoms with Crippen LogP contribution in [0.5, 0.6) is 0 Å². The molecule has 0 heterocycles. The minimum absolute atomic E-state index is 0.0975. The van der Waals surface area contributed by atoms with Gasteiger partial charge in [0.2, 0.25) is 5.52 Å². The van der Waals surface area contributed by atoms with E-state index in [9.17, 15) is 9.36 Å². The van der Waals surface area contributed by atoms with E-state index >= 15 is 0 Å². The van der Waals surface area contributed by atoms with Gasteiger partial charge in [-0.3, -0.25) is 4.79 Å². The van der Waals surface area contributed by atoms with E-state index < -0.39 is 7.14 Å². The van der Waals surface area contributed by atoms with Gasteiger partial charge in [0.15, 0.2) is 7.14 Å². The normalized spacial score (nSPS) is 14.2. The summed E-state index contributed by atoms with van der Waals surface area (Å²) < 4.78 is 13.3. The molecule has 0 aliphatic carbocycles. The van der Waals surface area contributed by atoms with Gasteiger partial charge in [-0.05, 0) is 44.2 Å². The van der Waals surface area contributed by atoms with Crippen molar-refractivity contribution in [2.24, 2.45) is 5.92 Å². The quantitative estimate of drug-likeness (QED) is 0.617. The van der Waals surface area contributed by atoms with E-state index in [1.807, 2.05) is 46.8 Å². The van der Waals surface area contributed by atoms with E-state index in [1.165, 1.54) is 0 Å². The summed E-state index contributed by atoms with van der Waals surface area (Å²) in [6, 6.07) is 4.03. The molecule has 0 bridgehead atoms. The van der Waals surface area contributed by atoms with E-state index in [-0.39, 0.29) is 11.4 Å². The fraction of sp³-hybridized carbons (Fsp3) is 0.611. The molecule has 1 aromatic rings. The van der Waals surface area contributed by atoms with Crippen molar-refractivity contribution in [1.82, 2.24) is 0 Å². The van der Waals surface area contributed by atoms with Crippen molar-refractivity contribution in [3.63, 3.8) is 0 Å². The smallest absolute Gasteiger partial charge is 0.221 e. The standard InChI is InChI=1S/C18H29O2P/c1-7-8-9-21(20,12-13(2)3)18(19)17-15(5)10-14(4)11-16(17)6/h10-11,13H,7-9,12H2,1-6H3. The molecular formula is C18H29O2P. The largest absolute Gasteiger partial charge is 0.315 e. The van der Waals surface area contributed by atoms with Crippen LogP contribution in [0.2, 0.25) is 0 Å². The second kappa shape index (κ2) is 7.40. The molecule has 0 N–H and O–H groups in total. The van der Waals surface area contributed by atoms with Crippen molar-refractivity contribution in [3.05, 3.63) is 34.4 Å². The van der Waals surface area contributed by atoms with Crippen LogP contribution < -0.4 is 0 Å². The van der Waals surface area contributed by atoms with Gasteiger partial charge in [-0.2, -0.15) is 0 Å². The topological polar surface area (TPSA) is 34.1 Å². The Bertz CT molecular complexity index is 535. The Hall–Kier alpha value is -0.880. The first kappa shape index (κ1) is 18.2. The molecule has 0 aliphatic heterocycles. The third-order valence-corrected chi connectivity index (χ3v) is 7.12. The maximum absolute atomic E-state index is 13.3. The van der Waals surface area contributed by atoms with Gasteiger partial charge in [-0.25, -0.2) is 0 Å². The van der Waals surface area contributed by atoms with E-state index in [1.54, 1.807) is 0 Å². The zero-order chi connectivity index (χ0) is 16.2. The highest BCUT2D eigenvalue weighted by atomic mass is 31.2. The molecule has 1 aromatic carbocycles. The number of hydrogen-bond donors (Lipinski definition) is 0. The Morgan fingerprint density at radius 3 is 2.10 bits per heavy atom. The van der Waals surface area contributed by atoms with Crippen molar-refractivity contribution in [1.29, 1.82) is 0 Å². The molecule has 0 aromatic heterocycles. The molecule has 0 fully saturated rings. The van der Waals surface area contributed by atoms with Gasteiger partial charge < -0.3 is 4.57 Å². The summed E-state index contributed by atoms with van der Waals surface area (Å²) in [4.78, 5) is 13.0. The fourth-order valence-electron chi connectivity index (χ4n) is 3.00. The lowest BCUT2D eigenvalue weighted by Gasteiger charge is -2.21. The van der Waals surface area contributed by atoms with E-state index in [4.69, 9.17) is 0 Å². The number of carbonyl (C=O) groups is 1. The van der Waals surface area contributed by atoms with Gasteiger partial charge in [0.25, 0.3) is 0 Å². The molecule has 21 heavy (non-hydrogen) atoms. The van der Waals surface area contributed by atoms with Gasteiger partial charge in [-0.15, -0.1) is 0 Å². The third-order valence-electron chi connectivity index (χ3n) is 3.79. The highest BCUT2D eigenvalue weighted by Gasteiger charge is 2.34. The summed E-state index contributed by atoms with van der Waals surface area (Å²) in [5, 5.41) is 0. The molecule has 0 aliphatic rings. The molecule has 1 unspecified atom stereocenters. The molecule has 0 saturated carbocycles. The maximum atomic E-state index is 13.3. The second-order valence-electron chi connectivity index (χ2n) is 6.62. The van der Waals surface area contributed by atoms with Gasteiger partial charge in [0.05, 0.1) is 0 Å². The van der Waals surface area contributed by atoms with Gasteiger partial charge >= 0.3 is 0 Å². The first-order valence-electron chi connectivity index (χ1n) is 7.92. The molecule has 3 heteroatoms. The molecule has 0 amide bonds. The minimum atomic E-state index is -2.81. The van der Waals surface area contributed by atoms with Crippen LogP contribution >= 0.6 is 7.14 Å². The highest BCUT2D eigenvalue weighted by Crippen LogP contribution is 2.52. The molecule has 0 spiro atoms. The summed E-state index contributed by atoms with van der Waals surface area (Å²) >= 11 is 0. The molecular weight excluding hydrogens is 279 g/mol. The zero-order valence-electron chi connectivity index (χ0n) is 14.3. The summed E-state index contributed by atoms with van der Waals surface area (Å²) in [5.74, 6) is 0.280. The molecule has 1 atom stereocenters. The number of carbonyl (C=O) groups excluding carboxylic acids is 1. The molecule has 118 valence electrons. The number of rotatable bonds is 7. The van der Waals surface area contributed by atoms with Crippen molar-refractivity contribution in [3.8, 4) is 0 Å². The number of benzene rings is 1. The lowest BCUT2D eigenvalue weighted by Crippen LogP contribution is -2.14. The monoisotopic (exact) mass is 308 g/mol. The Kier molecular flexibility index (Phi) is 6.41. The lowest BCUT2D eigenvalue weighted by atomic mass is 10.0. The number of unbranched alkanes of at least 4 members (excludes halogenated alkanes) is 1. The summed E-state index contributed by atoms with van der Waals surface area (Å²) in [5.41, 5.74) is 3.66. The Morgan fingerprint density at radius 1 is 1.14 bits per heavy atom. The third kappa shape index (κ3) is 4.54.